The van der Waals surface area contributed by atoms with E-state index in [0.29, 0.717) is 5.76 Å². The molecule has 0 radical (unpaired) electrons. The van der Waals surface area contributed by atoms with Crippen LogP contribution in [0.15, 0.2) is 64.5 Å². The summed E-state index contributed by atoms with van der Waals surface area (Å²) in [5.74, 6) is 0.567. The van der Waals surface area contributed by atoms with Gasteiger partial charge in [0, 0.05) is 29.1 Å². The van der Waals surface area contributed by atoms with Crippen LogP contribution < -0.4 is 0 Å². The number of unbranched alkanes of at least 4 members (excludes halogenated alkanes) is 2. The molecule has 0 heterocycles. The van der Waals surface area contributed by atoms with Crippen molar-refractivity contribution >= 4 is 0 Å². The van der Waals surface area contributed by atoms with Gasteiger partial charge in [0.25, 0.3) is 0 Å². The molecule has 1 aliphatic carbocycles. The van der Waals surface area contributed by atoms with Crippen molar-refractivity contribution in [2.24, 2.45) is 0 Å². The summed E-state index contributed by atoms with van der Waals surface area (Å²) in [5.41, 5.74) is 4.89. The smallest absolute Gasteiger partial charge is 0.0997 e. The molecule has 0 bridgehead atoms. The van der Waals surface area contributed by atoms with Crippen molar-refractivity contribution in [3.8, 4) is 0 Å². The Bertz CT molecular complexity index is 472. The van der Waals surface area contributed by atoms with Crippen molar-refractivity contribution in [3.63, 3.8) is 0 Å². The minimum absolute atomic E-state index is 0. The molecule has 0 spiro atoms. The second-order valence-electron chi connectivity index (χ2n) is 5.36. The van der Waals surface area contributed by atoms with Gasteiger partial charge >= 0.3 is 0 Å². The van der Waals surface area contributed by atoms with Crippen molar-refractivity contribution < 1.29 is 22.2 Å². The van der Waals surface area contributed by atoms with E-state index in [0.717, 1.165) is 18.4 Å². The van der Waals surface area contributed by atoms with E-state index < -0.39 is 0 Å². The fourth-order valence-electron chi connectivity index (χ4n) is 2.23. The van der Waals surface area contributed by atoms with Gasteiger partial charge < -0.3 is 5.11 Å². The van der Waals surface area contributed by atoms with E-state index in [9.17, 15) is 5.11 Å². The Morgan fingerprint density at radius 1 is 1.05 bits per heavy atom. The first-order valence-electron chi connectivity index (χ1n) is 7.53. The third-order valence-electron chi connectivity index (χ3n) is 3.80. The van der Waals surface area contributed by atoms with Crippen LogP contribution in [-0.2, 0) is 17.1 Å². The zero-order valence-electron chi connectivity index (χ0n) is 13.6. The van der Waals surface area contributed by atoms with E-state index in [1.807, 2.05) is 30.3 Å². The normalized spacial score (nSPS) is 15.9. The van der Waals surface area contributed by atoms with Crippen LogP contribution in [0.4, 0.5) is 0 Å². The molecule has 1 nitrogen and oxygen atoms in total. The average Bonchev–Trinajstić information content (AvgIpc) is 3.08. The van der Waals surface area contributed by atoms with Crippen LogP contribution in [0.2, 0.25) is 0 Å². The number of hydrogen-bond donors (Lipinski definition) is 1. The van der Waals surface area contributed by atoms with Crippen LogP contribution in [0.1, 0.15) is 53.4 Å². The SMILES string of the molecule is CCCCC/C(O)=C1\C=C(C)C(C)=C1C.[Fe].c1cc[cH-]c1. The molecule has 1 N–H and O–H groups in total. The summed E-state index contributed by atoms with van der Waals surface area (Å²) in [5, 5.41) is 9.98. The first kappa shape index (κ1) is 19.9. The molecule has 1 aliphatic rings. The van der Waals surface area contributed by atoms with Gasteiger partial charge in [-0.15, -0.1) is 0 Å². The molecule has 0 aliphatic heterocycles. The van der Waals surface area contributed by atoms with Gasteiger partial charge in [-0.1, -0.05) is 19.8 Å². The van der Waals surface area contributed by atoms with E-state index in [2.05, 4.69) is 33.8 Å². The Morgan fingerprint density at radius 2 is 1.67 bits per heavy atom. The van der Waals surface area contributed by atoms with Crippen molar-refractivity contribution in [2.45, 2.75) is 53.4 Å². The van der Waals surface area contributed by atoms with Crippen molar-refractivity contribution in [3.05, 3.63) is 64.5 Å². The Kier molecular flexibility index (Phi) is 10.0. The third kappa shape index (κ3) is 6.46. The molecule has 0 fully saturated rings. The van der Waals surface area contributed by atoms with Crippen molar-refractivity contribution in [1.29, 1.82) is 0 Å². The number of allylic oxidation sites excluding steroid dienone is 6. The largest absolute Gasteiger partial charge is 0.512 e. The first-order chi connectivity index (χ1) is 9.57. The summed E-state index contributed by atoms with van der Waals surface area (Å²) in [6.45, 7) is 8.49. The van der Waals surface area contributed by atoms with Crippen molar-refractivity contribution in [1.82, 2.24) is 0 Å². The standard InChI is InChI=1S/C14H22O.C5H5.Fe/c1-5-6-7-8-14(15)13-9-10(2)11(3)12(13)4;1-2-4-5-3-1;/h9,15H,5-8H2,1-4H3;1-5H;/q;-1;/b14-13-;;. The molecule has 2 heteroatoms. The van der Waals surface area contributed by atoms with Crippen LogP contribution in [0.5, 0.6) is 0 Å². The van der Waals surface area contributed by atoms with E-state index >= 15 is 0 Å². The zero-order chi connectivity index (χ0) is 15.0. The molecule has 0 saturated carbocycles. The zero-order valence-corrected chi connectivity index (χ0v) is 14.7. The molecule has 21 heavy (non-hydrogen) atoms. The van der Waals surface area contributed by atoms with E-state index in [-0.39, 0.29) is 17.1 Å². The van der Waals surface area contributed by atoms with Crippen LogP contribution in [0.3, 0.4) is 0 Å². The Labute approximate surface area is 140 Å². The number of rotatable bonds is 4. The first-order valence-corrected chi connectivity index (χ1v) is 7.53. The molecule has 118 valence electrons. The summed E-state index contributed by atoms with van der Waals surface area (Å²) < 4.78 is 0. The van der Waals surface area contributed by atoms with Gasteiger partial charge in [-0.05, 0) is 50.0 Å². The third-order valence-corrected chi connectivity index (χ3v) is 3.80. The number of aliphatic hydroxyl groups is 1. The predicted octanol–water partition coefficient (Wildman–Crippen LogP) is 6.08. The van der Waals surface area contributed by atoms with Gasteiger partial charge in [0.15, 0.2) is 0 Å². The summed E-state index contributed by atoms with van der Waals surface area (Å²) >= 11 is 0. The molecule has 0 aromatic heterocycles. The van der Waals surface area contributed by atoms with Crippen LogP contribution >= 0.6 is 0 Å². The second-order valence-corrected chi connectivity index (χ2v) is 5.36. The molecule has 1 aromatic carbocycles. The van der Waals surface area contributed by atoms with Crippen LogP contribution in [0.25, 0.3) is 0 Å². The van der Waals surface area contributed by atoms with Crippen molar-refractivity contribution in [2.75, 3.05) is 0 Å². The molecule has 1 aromatic rings. The molecule has 0 unspecified atom stereocenters. The maximum absolute atomic E-state index is 9.98. The molecule has 0 amide bonds. The molecular formula is C19H27FeO-. The predicted molar refractivity (Wildman–Crippen MR) is 88.0 cm³/mol. The van der Waals surface area contributed by atoms with Gasteiger partial charge in [0.2, 0.25) is 0 Å². The molecule has 2 rings (SSSR count). The quantitative estimate of drug-likeness (QED) is 0.308. The fourth-order valence-corrected chi connectivity index (χ4v) is 2.23. The van der Waals surface area contributed by atoms with E-state index in [1.165, 1.54) is 29.6 Å². The summed E-state index contributed by atoms with van der Waals surface area (Å²) in [4.78, 5) is 0. The Hall–Kier alpha value is -1.11. The minimum atomic E-state index is 0. The topological polar surface area (TPSA) is 20.2 Å². The average molecular weight is 327 g/mol. The summed E-state index contributed by atoms with van der Waals surface area (Å²) in [7, 11) is 0. The summed E-state index contributed by atoms with van der Waals surface area (Å²) in [6, 6.07) is 10.0. The van der Waals surface area contributed by atoms with Gasteiger partial charge in [-0.3, -0.25) is 0 Å². The number of aliphatic hydroxyl groups excluding tert-OH is 1. The fraction of sp³-hybridized carbons (Fsp3) is 0.421. The van der Waals surface area contributed by atoms with Gasteiger partial charge in [0.1, 0.15) is 0 Å². The van der Waals surface area contributed by atoms with Crippen LogP contribution in [-0.4, -0.2) is 5.11 Å². The van der Waals surface area contributed by atoms with Gasteiger partial charge in [-0.2, -0.15) is 18.2 Å². The Morgan fingerprint density at radius 3 is 2.05 bits per heavy atom. The maximum atomic E-state index is 9.98. The monoisotopic (exact) mass is 327 g/mol. The maximum Gasteiger partial charge on any atom is 0.0997 e. The van der Waals surface area contributed by atoms with Gasteiger partial charge in [-0.25, -0.2) is 12.1 Å². The van der Waals surface area contributed by atoms with Gasteiger partial charge in [0.05, 0.1) is 5.76 Å². The second kappa shape index (κ2) is 10.6. The molecule has 0 atom stereocenters. The molecular weight excluding hydrogens is 300 g/mol. The number of hydrogen-bond acceptors (Lipinski definition) is 1. The van der Waals surface area contributed by atoms with E-state index in [1.54, 1.807) is 0 Å². The summed E-state index contributed by atoms with van der Waals surface area (Å²) in [6.07, 6.45) is 6.40. The minimum Gasteiger partial charge on any atom is -0.512 e. The van der Waals surface area contributed by atoms with E-state index in [4.69, 9.17) is 0 Å². The molecule has 0 saturated heterocycles. The van der Waals surface area contributed by atoms with Crippen LogP contribution in [0, 0.1) is 0 Å². The Balaban J connectivity index is 0.000000562.